The lowest BCUT2D eigenvalue weighted by Crippen LogP contribution is -2.36. The van der Waals surface area contributed by atoms with Crippen molar-refractivity contribution in [3.63, 3.8) is 0 Å². The van der Waals surface area contributed by atoms with Crippen molar-refractivity contribution < 1.29 is 10.3 Å². The van der Waals surface area contributed by atoms with Crippen LogP contribution in [0.5, 0.6) is 0 Å². The minimum absolute atomic E-state index is 0. The van der Waals surface area contributed by atoms with Gasteiger partial charge in [0.25, 0.3) is 0 Å². The van der Waals surface area contributed by atoms with Crippen molar-refractivity contribution in [3.8, 4) is 0 Å². The quantitative estimate of drug-likeness (QED) is 0.286. The van der Waals surface area contributed by atoms with Crippen LogP contribution >= 0.6 is 12.4 Å². The smallest absolute Gasteiger partial charge is 0.0786 e. The molecule has 0 aromatic carbocycles. The van der Waals surface area contributed by atoms with Gasteiger partial charge in [0.15, 0.2) is 0 Å². The summed E-state index contributed by atoms with van der Waals surface area (Å²) in [6, 6.07) is 0. The van der Waals surface area contributed by atoms with Gasteiger partial charge >= 0.3 is 0 Å². The Morgan fingerprint density at radius 2 is 2.07 bits per heavy atom. The number of hydrogen-bond acceptors (Lipinski definition) is 5. The van der Waals surface area contributed by atoms with Gasteiger partial charge in [-0.3, -0.25) is 0 Å². The number of rotatable bonds is 6. The van der Waals surface area contributed by atoms with Gasteiger partial charge in [-0.25, -0.2) is 0 Å². The van der Waals surface area contributed by atoms with Crippen LogP contribution in [0.15, 0.2) is 5.16 Å². The van der Waals surface area contributed by atoms with Crippen LogP contribution in [-0.2, 0) is 0 Å². The fourth-order valence-corrected chi connectivity index (χ4v) is 0.805. The normalized spacial score (nSPS) is 13.9. The van der Waals surface area contributed by atoms with Gasteiger partial charge in [0, 0.05) is 19.6 Å². The third kappa shape index (κ3) is 7.08. The van der Waals surface area contributed by atoms with Crippen molar-refractivity contribution in [1.82, 2.24) is 5.32 Å². The maximum atomic E-state index is 9.09. The number of hydrogen-bond donors (Lipinski definition) is 4. The van der Waals surface area contributed by atoms with Crippen molar-refractivity contribution in [2.24, 2.45) is 16.8 Å². The predicted octanol–water partition coefficient (Wildman–Crippen LogP) is -0.196. The Balaban J connectivity index is 0. The van der Waals surface area contributed by atoms with Crippen molar-refractivity contribution in [2.45, 2.75) is 20.0 Å². The number of aliphatic hydroxyl groups excluding tert-OH is 1. The lowest BCUT2D eigenvalue weighted by molar-refractivity contribution is 0.181. The van der Waals surface area contributed by atoms with Crippen LogP contribution in [0.25, 0.3) is 0 Å². The zero-order chi connectivity index (χ0) is 10.3. The maximum absolute atomic E-state index is 9.09. The van der Waals surface area contributed by atoms with Gasteiger partial charge in [-0.1, -0.05) is 19.0 Å². The summed E-state index contributed by atoms with van der Waals surface area (Å²) in [6.07, 6.45) is -0.535. The molecule has 0 aliphatic carbocycles. The first kappa shape index (κ1) is 16.1. The van der Waals surface area contributed by atoms with E-state index in [2.05, 4.69) is 10.5 Å². The average Bonchev–Trinajstić information content (AvgIpc) is 2.11. The molecule has 0 fully saturated rings. The molecular weight excluding hydrogens is 206 g/mol. The van der Waals surface area contributed by atoms with Gasteiger partial charge in [-0.05, 0) is 5.92 Å². The molecule has 1 unspecified atom stereocenters. The summed E-state index contributed by atoms with van der Waals surface area (Å²) in [6.45, 7) is 5.01. The van der Waals surface area contributed by atoms with E-state index in [0.29, 0.717) is 18.8 Å². The second-order valence-corrected chi connectivity index (χ2v) is 3.27. The third-order valence-electron chi connectivity index (χ3n) is 1.75. The predicted molar refractivity (Wildman–Crippen MR) is 59.2 cm³/mol. The Morgan fingerprint density at radius 1 is 1.50 bits per heavy atom. The topological polar surface area (TPSA) is 90.9 Å². The summed E-state index contributed by atoms with van der Waals surface area (Å²) in [7, 11) is 0. The molecule has 0 aromatic heterocycles. The first-order valence-electron chi connectivity index (χ1n) is 4.41. The van der Waals surface area contributed by atoms with E-state index in [9.17, 15) is 0 Å². The Kier molecular flexibility index (Phi) is 10.6. The van der Waals surface area contributed by atoms with E-state index in [1.165, 1.54) is 0 Å². The molecule has 14 heavy (non-hydrogen) atoms. The van der Waals surface area contributed by atoms with Crippen LogP contribution in [-0.4, -0.2) is 41.8 Å². The molecule has 5 N–H and O–H groups in total. The van der Waals surface area contributed by atoms with E-state index < -0.39 is 6.10 Å². The third-order valence-corrected chi connectivity index (χ3v) is 1.75. The molecule has 0 amide bonds. The molecule has 0 bridgehead atoms. The number of oxime groups is 1. The highest BCUT2D eigenvalue weighted by Gasteiger charge is 2.06. The Hall–Kier alpha value is -0.360. The number of nitrogens with zero attached hydrogens (tertiary/aromatic N) is 1. The maximum Gasteiger partial charge on any atom is 0.0786 e. The van der Waals surface area contributed by atoms with Gasteiger partial charge in [0.1, 0.15) is 0 Å². The van der Waals surface area contributed by atoms with Gasteiger partial charge in [-0.15, -0.1) is 12.4 Å². The van der Waals surface area contributed by atoms with Crippen LogP contribution in [0, 0.1) is 5.92 Å². The zero-order valence-corrected chi connectivity index (χ0v) is 9.42. The second-order valence-electron chi connectivity index (χ2n) is 3.27. The number of halogens is 1. The molecule has 0 aromatic rings. The highest BCUT2D eigenvalue weighted by atomic mass is 35.5. The summed E-state index contributed by atoms with van der Waals surface area (Å²) >= 11 is 0. The van der Waals surface area contributed by atoms with E-state index in [4.69, 9.17) is 16.0 Å². The molecular formula is C8H20ClN3O2. The van der Waals surface area contributed by atoms with Crippen molar-refractivity contribution in [1.29, 1.82) is 0 Å². The molecule has 0 saturated heterocycles. The number of nitrogens with one attached hydrogen (secondary N) is 1. The summed E-state index contributed by atoms with van der Waals surface area (Å²) in [5.41, 5.74) is 5.88. The molecule has 0 aliphatic heterocycles. The summed E-state index contributed by atoms with van der Waals surface area (Å²) in [4.78, 5) is 0. The molecule has 0 heterocycles. The Morgan fingerprint density at radius 3 is 2.43 bits per heavy atom. The van der Waals surface area contributed by atoms with Gasteiger partial charge in [0.05, 0.1) is 11.8 Å². The standard InChI is InChI=1S/C8H19N3O2.ClH/c1-6(2)8(11-13)5-10-4-7(12)3-9;/h6-7,10,12-13H,3-5,9H2,1-2H3;1H. The Bertz CT molecular complexity index is 165. The van der Waals surface area contributed by atoms with Crippen LogP contribution in [0.2, 0.25) is 0 Å². The van der Waals surface area contributed by atoms with E-state index in [1.54, 1.807) is 0 Å². The SMILES string of the molecule is CC(C)C(CNCC(O)CN)=NO.Cl. The molecule has 1 atom stereocenters. The van der Waals surface area contributed by atoms with E-state index >= 15 is 0 Å². The van der Waals surface area contributed by atoms with Crippen LogP contribution in [0.3, 0.4) is 0 Å². The summed E-state index contributed by atoms with van der Waals surface area (Å²) in [5, 5.41) is 23.8. The van der Waals surface area contributed by atoms with Crippen LogP contribution in [0.4, 0.5) is 0 Å². The first-order valence-corrected chi connectivity index (χ1v) is 4.41. The lowest BCUT2D eigenvalue weighted by atomic mass is 10.1. The second kappa shape index (κ2) is 9.21. The van der Waals surface area contributed by atoms with E-state index in [0.717, 1.165) is 0 Å². The average molecular weight is 226 g/mol. The van der Waals surface area contributed by atoms with E-state index in [-0.39, 0.29) is 24.9 Å². The monoisotopic (exact) mass is 225 g/mol. The summed E-state index contributed by atoms with van der Waals surface area (Å²) in [5.74, 6) is 0.201. The highest BCUT2D eigenvalue weighted by molar-refractivity contribution is 5.87. The first-order chi connectivity index (χ1) is 6.11. The number of nitrogens with two attached hydrogens (primary N) is 1. The molecule has 86 valence electrons. The molecule has 0 radical (unpaired) electrons. The fraction of sp³-hybridized carbons (Fsp3) is 0.875. The molecule has 0 rings (SSSR count). The molecule has 6 heteroatoms. The van der Waals surface area contributed by atoms with E-state index in [1.807, 2.05) is 13.8 Å². The van der Waals surface area contributed by atoms with Crippen molar-refractivity contribution >= 4 is 18.1 Å². The van der Waals surface area contributed by atoms with Gasteiger partial charge < -0.3 is 21.4 Å². The highest BCUT2D eigenvalue weighted by Crippen LogP contribution is 1.94. The molecule has 0 saturated carbocycles. The molecule has 0 spiro atoms. The van der Waals surface area contributed by atoms with Crippen LogP contribution < -0.4 is 11.1 Å². The van der Waals surface area contributed by atoms with Crippen molar-refractivity contribution in [2.75, 3.05) is 19.6 Å². The largest absolute Gasteiger partial charge is 0.411 e. The van der Waals surface area contributed by atoms with Gasteiger partial charge in [-0.2, -0.15) is 0 Å². The zero-order valence-electron chi connectivity index (χ0n) is 8.60. The number of aliphatic hydroxyl groups is 1. The van der Waals surface area contributed by atoms with Crippen molar-refractivity contribution in [3.05, 3.63) is 0 Å². The Labute approximate surface area is 90.8 Å². The molecule has 5 nitrogen and oxygen atoms in total. The fourth-order valence-electron chi connectivity index (χ4n) is 0.805. The van der Waals surface area contributed by atoms with Crippen LogP contribution in [0.1, 0.15) is 13.8 Å². The summed E-state index contributed by atoms with van der Waals surface area (Å²) < 4.78 is 0. The van der Waals surface area contributed by atoms with Gasteiger partial charge in [0.2, 0.25) is 0 Å². The minimum atomic E-state index is -0.535. The minimum Gasteiger partial charge on any atom is -0.411 e. The lowest BCUT2D eigenvalue weighted by Gasteiger charge is -2.11. The molecule has 0 aliphatic rings.